The molecule has 0 radical (unpaired) electrons. The summed E-state index contributed by atoms with van der Waals surface area (Å²) in [5, 5.41) is 7.58. The number of nitrogens with one attached hydrogen (secondary N) is 1. The number of nitrogens with zero attached hydrogens (tertiary/aromatic N) is 7. The van der Waals surface area contributed by atoms with Crippen molar-refractivity contribution in [2.75, 3.05) is 50.6 Å². The van der Waals surface area contributed by atoms with Crippen LogP contribution in [0.2, 0.25) is 0 Å². The molecule has 1 N–H and O–H groups in total. The van der Waals surface area contributed by atoms with Crippen LogP contribution in [0.5, 0.6) is 6.01 Å². The molecular weight excluding hydrogens is 691 g/mol. The van der Waals surface area contributed by atoms with Gasteiger partial charge in [0.2, 0.25) is 0 Å². The van der Waals surface area contributed by atoms with Crippen LogP contribution in [0.15, 0.2) is 24.3 Å². The summed E-state index contributed by atoms with van der Waals surface area (Å²) in [5.74, 6) is 0.933. The lowest BCUT2D eigenvalue weighted by molar-refractivity contribution is -0.0872. The number of alkyl halides is 1. The van der Waals surface area contributed by atoms with Crippen LogP contribution in [0.3, 0.4) is 0 Å². The Labute approximate surface area is 316 Å². The maximum Gasteiger partial charge on any atom is 0.412 e. The van der Waals surface area contributed by atoms with Crippen molar-refractivity contribution >= 4 is 23.5 Å². The van der Waals surface area contributed by atoms with E-state index >= 15 is 0 Å². The average Bonchev–Trinajstić information content (AvgIpc) is 3.74. The van der Waals surface area contributed by atoms with Crippen LogP contribution in [-0.4, -0.2) is 99.2 Å². The molecule has 6 heterocycles. The number of aryl methyl sites for hydroxylation is 1. The van der Waals surface area contributed by atoms with Crippen LogP contribution in [-0.2, 0) is 41.2 Å². The van der Waals surface area contributed by atoms with E-state index in [0.717, 1.165) is 73.5 Å². The molecule has 2 fully saturated rings. The van der Waals surface area contributed by atoms with Gasteiger partial charge in [0, 0.05) is 57.8 Å². The molecule has 2 saturated heterocycles. The van der Waals surface area contributed by atoms with E-state index < -0.39 is 23.5 Å². The lowest BCUT2D eigenvalue weighted by Crippen LogP contribution is -2.44. The van der Waals surface area contributed by atoms with Gasteiger partial charge in [-0.1, -0.05) is 13.0 Å². The van der Waals surface area contributed by atoms with Gasteiger partial charge in [-0.25, -0.2) is 9.18 Å². The van der Waals surface area contributed by atoms with Crippen molar-refractivity contribution < 1.29 is 28.2 Å². The van der Waals surface area contributed by atoms with Crippen molar-refractivity contribution in [1.29, 1.82) is 0 Å². The van der Waals surface area contributed by atoms with Gasteiger partial charge < -0.3 is 24.0 Å². The number of hydrogen-bond acceptors (Lipinski definition) is 10. The van der Waals surface area contributed by atoms with Crippen LogP contribution in [0, 0.1) is 0 Å². The number of aromatic nitrogens is 4. The van der Waals surface area contributed by atoms with Crippen LogP contribution >= 0.6 is 0 Å². The Morgan fingerprint density at radius 2 is 1.94 bits per heavy atom. The molecule has 0 saturated carbocycles. The zero-order valence-electron chi connectivity index (χ0n) is 32.4. The van der Waals surface area contributed by atoms with Gasteiger partial charge in [-0.05, 0) is 94.7 Å². The summed E-state index contributed by atoms with van der Waals surface area (Å²) in [4.78, 5) is 41.8. The zero-order chi connectivity index (χ0) is 38.0. The van der Waals surface area contributed by atoms with Crippen LogP contribution in [0.4, 0.5) is 20.7 Å². The van der Waals surface area contributed by atoms with Crippen LogP contribution in [0.1, 0.15) is 111 Å². The van der Waals surface area contributed by atoms with E-state index in [1.807, 2.05) is 43.7 Å². The van der Waals surface area contributed by atoms with Gasteiger partial charge in [0.1, 0.15) is 24.2 Å². The van der Waals surface area contributed by atoms with E-state index in [0.29, 0.717) is 63.0 Å². The van der Waals surface area contributed by atoms with Gasteiger partial charge in [0.05, 0.1) is 35.7 Å². The summed E-state index contributed by atoms with van der Waals surface area (Å²) < 4.78 is 35.7. The number of amides is 2. The quantitative estimate of drug-likeness (QED) is 0.324. The number of ether oxygens (including phenoxy) is 3. The molecule has 5 aliphatic rings. The van der Waals surface area contributed by atoms with Crippen molar-refractivity contribution in [2.24, 2.45) is 0 Å². The second kappa shape index (κ2) is 13.8. The number of halogens is 1. The van der Waals surface area contributed by atoms with Gasteiger partial charge >= 0.3 is 12.1 Å². The van der Waals surface area contributed by atoms with Gasteiger partial charge in [-0.3, -0.25) is 19.7 Å². The van der Waals surface area contributed by atoms with E-state index in [2.05, 4.69) is 33.2 Å². The fraction of sp³-hybridized carbons (Fsp3) is 0.625. The third kappa shape index (κ3) is 6.91. The lowest BCUT2D eigenvalue weighted by atomic mass is 9.71. The molecule has 2 unspecified atom stereocenters. The fourth-order valence-electron chi connectivity index (χ4n) is 9.22. The van der Waals surface area contributed by atoms with E-state index in [-0.39, 0.29) is 17.5 Å². The Kier molecular flexibility index (Phi) is 9.35. The largest absolute Gasteiger partial charge is 0.461 e. The zero-order valence-corrected chi connectivity index (χ0v) is 32.4. The monoisotopic (exact) mass is 744 g/mol. The second-order valence-corrected chi connectivity index (χ2v) is 17.2. The summed E-state index contributed by atoms with van der Waals surface area (Å²) in [7, 11) is 3.46. The van der Waals surface area contributed by atoms with Crippen molar-refractivity contribution in [3.8, 4) is 6.01 Å². The van der Waals surface area contributed by atoms with Crippen molar-refractivity contribution in [3.05, 3.63) is 58.0 Å². The van der Waals surface area contributed by atoms with Gasteiger partial charge in [0.25, 0.3) is 5.91 Å². The first-order valence-corrected chi connectivity index (χ1v) is 19.4. The summed E-state index contributed by atoms with van der Waals surface area (Å²) in [6, 6.07) is 8.22. The van der Waals surface area contributed by atoms with E-state index in [9.17, 15) is 14.0 Å². The summed E-state index contributed by atoms with van der Waals surface area (Å²) in [5.41, 5.74) is 4.38. The Morgan fingerprint density at radius 3 is 2.74 bits per heavy atom. The number of benzene rings is 1. The molecule has 8 rings (SSSR count). The minimum Gasteiger partial charge on any atom is -0.461 e. The first kappa shape index (κ1) is 36.7. The minimum absolute atomic E-state index is 0.134. The average molecular weight is 745 g/mol. The summed E-state index contributed by atoms with van der Waals surface area (Å²) >= 11 is 0. The Bertz CT molecular complexity index is 1950. The van der Waals surface area contributed by atoms with Crippen LogP contribution in [0.25, 0.3) is 0 Å². The number of rotatable bonds is 6. The SMILES string of the molecule is CC1CCC2(Cc3nc(OC[C@@]45CCCN4C[C@H](F)C5)nc(N4CCCn5nc(C(=O)N(C)C)cc5C4)c3CO2)c2cc(NC(=O)OC(C)(C)C)ccc21. The molecule has 54 heavy (non-hydrogen) atoms. The summed E-state index contributed by atoms with van der Waals surface area (Å²) in [6.45, 7) is 11.6. The molecule has 4 aliphatic heterocycles. The molecule has 3 aromatic rings. The highest BCUT2D eigenvalue weighted by molar-refractivity contribution is 5.92. The molecule has 4 atom stereocenters. The maximum atomic E-state index is 14.7. The third-order valence-electron chi connectivity index (χ3n) is 11.9. The van der Waals surface area contributed by atoms with Gasteiger partial charge in [-0.15, -0.1) is 0 Å². The molecule has 13 nitrogen and oxygen atoms in total. The molecule has 290 valence electrons. The first-order valence-electron chi connectivity index (χ1n) is 19.4. The second-order valence-electron chi connectivity index (χ2n) is 17.2. The predicted molar refractivity (Wildman–Crippen MR) is 201 cm³/mol. The Balaban J connectivity index is 1.15. The number of carbonyl (C=O) groups excluding carboxylic acids is 2. The highest BCUT2D eigenvalue weighted by atomic mass is 19.1. The number of fused-ring (bicyclic) bond motifs is 5. The topological polar surface area (TPSA) is 127 Å². The standard InChI is InChI=1S/C40H53FN8O5/c1-25-11-13-40(31-17-27(9-10-29(25)31)42-37(51)54-38(2,3)4)20-33-30(23-53-40)34(44-36(43-33)52-24-39-12-7-15-48(39)21-26(41)19-39)47-14-8-16-49-28(22-47)18-32(45-49)35(50)46(5)6/h9-10,17-18,25-26H,7-8,11-16,19-24H2,1-6H3,(H,42,51)/t25?,26-,39+,40?/m1/s1. The lowest BCUT2D eigenvalue weighted by Gasteiger charge is -2.44. The number of carbonyl (C=O) groups is 2. The molecule has 1 spiro atoms. The molecule has 0 bridgehead atoms. The molecule has 2 amide bonds. The maximum absolute atomic E-state index is 14.7. The normalized spacial score (nSPS) is 26.4. The fourth-order valence-corrected chi connectivity index (χ4v) is 9.22. The minimum atomic E-state index is -0.861. The van der Waals surface area contributed by atoms with E-state index in [4.69, 9.17) is 24.2 Å². The van der Waals surface area contributed by atoms with Crippen molar-refractivity contribution in [2.45, 2.75) is 121 Å². The molecular formula is C40H53FN8O5. The van der Waals surface area contributed by atoms with Crippen molar-refractivity contribution in [1.82, 2.24) is 29.5 Å². The van der Waals surface area contributed by atoms with E-state index in [1.165, 1.54) is 5.56 Å². The molecule has 1 aromatic carbocycles. The molecule has 2 aromatic heterocycles. The highest BCUT2D eigenvalue weighted by Crippen LogP contribution is 2.50. The Morgan fingerprint density at radius 1 is 1.11 bits per heavy atom. The smallest absolute Gasteiger partial charge is 0.412 e. The highest BCUT2D eigenvalue weighted by Gasteiger charge is 2.50. The van der Waals surface area contributed by atoms with Gasteiger partial charge in [0.15, 0.2) is 5.69 Å². The Hall–Kier alpha value is -4.30. The molecule has 14 heteroatoms. The number of hydrogen-bond donors (Lipinski definition) is 1. The van der Waals surface area contributed by atoms with Crippen LogP contribution < -0.4 is 15.0 Å². The number of anilines is 2. The third-order valence-corrected chi connectivity index (χ3v) is 11.9. The molecule has 1 aliphatic carbocycles. The van der Waals surface area contributed by atoms with Gasteiger partial charge in [-0.2, -0.15) is 15.1 Å². The predicted octanol–water partition coefficient (Wildman–Crippen LogP) is 5.95. The van der Waals surface area contributed by atoms with E-state index in [1.54, 1.807) is 19.0 Å². The van der Waals surface area contributed by atoms with Crippen molar-refractivity contribution in [3.63, 3.8) is 0 Å². The first-order chi connectivity index (χ1) is 25.7. The summed E-state index contributed by atoms with van der Waals surface area (Å²) in [6.07, 6.45) is 4.03.